The molecule has 1 saturated heterocycles. The van der Waals surface area contributed by atoms with E-state index in [0.29, 0.717) is 44.2 Å². The Kier molecular flexibility index (Phi) is 6.20. The van der Waals surface area contributed by atoms with Crippen LogP contribution in [0.5, 0.6) is 5.75 Å². The summed E-state index contributed by atoms with van der Waals surface area (Å²) in [5.41, 5.74) is 1.80. The quantitative estimate of drug-likeness (QED) is 0.322. The SMILES string of the molecule is [C-]#[N+]c1cc(-c2n[nH]c3cc(F)c(O[C@H](C)c4c(Cl)cncc4Cl)cc23)cnc1N1CCCS1(=O)=O. The molecule has 1 aliphatic rings. The molecular formula is C23H17Cl2FN6O3S. The van der Waals surface area contributed by atoms with E-state index in [1.54, 1.807) is 6.92 Å². The molecule has 0 amide bonds. The summed E-state index contributed by atoms with van der Waals surface area (Å²) in [6.45, 7) is 9.51. The van der Waals surface area contributed by atoms with Crippen molar-refractivity contribution < 1.29 is 17.5 Å². The van der Waals surface area contributed by atoms with Crippen molar-refractivity contribution in [3.8, 4) is 17.0 Å². The van der Waals surface area contributed by atoms with Crippen LogP contribution in [0.4, 0.5) is 15.9 Å². The van der Waals surface area contributed by atoms with E-state index in [9.17, 15) is 12.8 Å². The van der Waals surface area contributed by atoms with Crippen molar-refractivity contribution in [1.82, 2.24) is 20.2 Å². The number of aromatic amines is 1. The van der Waals surface area contributed by atoms with Gasteiger partial charge in [-0.3, -0.25) is 14.4 Å². The average Bonchev–Trinajstić information content (AvgIpc) is 3.40. The molecule has 0 radical (unpaired) electrons. The standard InChI is InChI=1S/C23H17Cl2FN6O3S/c1-12(21-15(24)10-28-11-16(21)25)35-20-7-14-18(8-17(20)26)30-31-22(14)13-6-19(27-2)23(29-9-13)32-4-3-5-36(32,33)34/h6-12H,3-5H2,1H3,(H,30,31)/t12-/m1/s1. The lowest BCUT2D eigenvalue weighted by Gasteiger charge is -2.18. The number of pyridine rings is 2. The minimum Gasteiger partial charge on any atom is -0.483 e. The Morgan fingerprint density at radius 2 is 1.97 bits per heavy atom. The van der Waals surface area contributed by atoms with E-state index in [4.69, 9.17) is 34.5 Å². The van der Waals surface area contributed by atoms with Gasteiger partial charge in [-0.15, -0.1) is 0 Å². The van der Waals surface area contributed by atoms with Crippen LogP contribution in [0.3, 0.4) is 0 Å². The second-order valence-electron chi connectivity index (χ2n) is 8.10. The number of benzene rings is 1. The monoisotopic (exact) mass is 546 g/mol. The zero-order valence-electron chi connectivity index (χ0n) is 18.7. The third-order valence-corrected chi connectivity index (χ3v) is 8.23. The van der Waals surface area contributed by atoms with Gasteiger partial charge in [0.05, 0.1) is 27.9 Å². The van der Waals surface area contributed by atoms with E-state index in [0.717, 1.165) is 4.31 Å². The van der Waals surface area contributed by atoms with Gasteiger partial charge < -0.3 is 4.74 Å². The number of ether oxygens (including phenoxy) is 1. The summed E-state index contributed by atoms with van der Waals surface area (Å²) in [6, 6.07) is 4.25. The summed E-state index contributed by atoms with van der Waals surface area (Å²) in [6.07, 6.45) is 4.07. The first kappa shape index (κ1) is 24.2. The molecule has 0 aliphatic carbocycles. The van der Waals surface area contributed by atoms with Gasteiger partial charge in [-0.05, 0) is 25.5 Å². The molecule has 0 saturated carbocycles. The molecule has 1 aliphatic heterocycles. The molecule has 1 atom stereocenters. The number of hydrogen-bond donors (Lipinski definition) is 1. The molecule has 1 N–H and O–H groups in total. The highest BCUT2D eigenvalue weighted by atomic mass is 35.5. The highest BCUT2D eigenvalue weighted by Crippen LogP contribution is 2.38. The van der Waals surface area contributed by atoms with Crippen LogP contribution in [0.2, 0.25) is 10.0 Å². The summed E-state index contributed by atoms with van der Waals surface area (Å²) < 4.78 is 46.5. The Bertz CT molecular complexity index is 1630. The minimum absolute atomic E-state index is 0.0144. The van der Waals surface area contributed by atoms with Gasteiger partial charge in [0.15, 0.2) is 11.6 Å². The van der Waals surface area contributed by atoms with E-state index >= 15 is 0 Å². The Balaban J connectivity index is 1.54. The minimum atomic E-state index is -3.50. The Morgan fingerprint density at radius 3 is 2.64 bits per heavy atom. The number of halogens is 3. The third-order valence-electron chi connectivity index (χ3n) is 5.79. The van der Waals surface area contributed by atoms with Gasteiger partial charge in [0.25, 0.3) is 0 Å². The second kappa shape index (κ2) is 9.20. The summed E-state index contributed by atoms with van der Waals surface area (Å²) in [5, 5.41) is 8.14. The normalized spacial score (nSPS) is 15.7. The van der Waals surface area contributed by atoms with Gasteiger partial charge in [0.1, 0.15) is 17.6 Å². The maximum absolute atomic E-state index is 14.9. The molecule has 1 fully saturated rings. The number of sulfonamides is 1. The molecule has 0 unspecified atom stereocenters. The first-order chi connectivity index (χ1) is 17.2. The molecule has 13 heteroatoms. The number of anilines is 1. The van der Waals surface area contributed by atoms with Crippen molar-refractivity contribution >= 4 is 55.6 Å². The smallest absolute Gasteiger partial charge is 0.235 e. The predicted molar refractivity (Wildman–Crippen MR) is 135 cm³/mol. The highest BCUT2D eigenvalue weighted by Gasteiger charge is 2.31. The lowest BCUT2D eigenvalue weighted by Crippen LogP contribution is -2.26. The fraction of sp³-hybridized carbons (Fsp3) is 0.217. The summed E-state index contributed by atoms with van der Waals surface area (Å²) >= 11 is 12.4. The van der Waals surface area contributed by atoms with E-state index < -0.39 is 21.9 Å². The number of nitrogens with zero attached hydrogens (tertiary/aromatic N) is 5. The molecule has 4 aromatic rings. The number of aromatic nitrogens is 4. The van der Waals surface area contributed by atoms with Crippen LogP contribution < -0.4 is 9.04 Å². The number of H-pyrrole nitrogens is 1. The van der Waals surface area contributed by atoms with Crippen LogP contribution in [0.25, 0.3) is 27.0 Å². The maximum Gasteiger partial charge on any atom is 0.235 e. The Hall–Kier alpha value is -3.46. The third kappa shape index (κ3) is 4.21. The second-order valence-corrected chi connectivity index (χ2v) is 10.9. The van der Waals surface area contributed by atoms with Gasteiger partial charge in [-0.1, -0.05) is 23.2 Å². The Morgan fingerprint density at radius 1 is 1.22 bits per heavy atom. The Labute approximate surface area is 215 Å². The predicted octanol–water partition coefficient (Wildman–Crippen LogP) is 5.70. The molecule has 1 aromatic carbocycles. The van der Waals surface area contributed by atoms with Crippen molar-refractivity contribution in [3.05, 3.63) is 69.6 Å². The van der Waals surface area contributed by atoms with Crippen LogP contribution in [0.15, 0.2) is 36.8 Å². The summed E-state index contributed by atoms with van der Waals surface area (Å²) in [5.74, 6) is -0.582. The van der Waals surface area contributed by atoms with Gasteiger partial charge in [0, 0.05) is 47.7 Å². The number of nitrogens with one attached hydrogen (secondary N) is 1. The fourth-order valence-corrected chi connectivity index (χ4v) is 6.31. The summed E-state index contributed by atoms with van der Waals surface area (Å²) in [7, 11) is -3.50. The number of fused-ring (bicyclic) bond motifs is 1. The molecule has 3 aromatic heterocycles. The van der Waals surface area contributed by atoms with Crippen LogP contribution in [-0.4, -0.2) is 40.9 Å². The van der Waals surface area contributed by atoms with Crippen LogP contribution >= 0.6 is 23.2 Å². The van der Waals surface area contributed by atoms with Gasteiger partial charge >= 0.3 is 0 Å². The van der Waals surface area contributed by atoms with Gasteiger partial charge in [-0.2, -0.15) is 5.10 Å². The largest absolute Gasteiger partial charge is 0.483 e. The molecule has 5 rings (SSSR count). The average molecular weight is 547 g/mol. The van der Waals surface area contributed by atoms with E-state index in [1.807, 2.05) is 0 Å². The molecule has 9 nitrogen and oxygen atoms in total. The lowest BCUT2D eigenvalue weighted by molar-refractivity contribution is 0.217. The van der Waals surface area contributed by atoms with Crippen molar-refractivity contribution in [3.63, 3.8) is 0 Å². The molecule has 0 spiro atoms. The molecular weight excluding hydrogens is 530 g/mol. The topological polar surface area (TPSA) is 105 Å². The van der Waals surface area contributed by atoms with E-state index in [2.05, 4.69) is 25.0 Å². The van der Waals surface area contributed by atoms with Crippen molar-refractivity contribution in [2.45, 2.75) is 19.4 Å². The summed E-state index contributed by atoms with van der Waals surface area (Å²) in [4.78, 5) is 11.7. The molecule has 0 bridgehead atoms. The molecule has 36 heavy (non-hydrogen) atoms. The van der Waals surface area contributed by atoms with Crippen molar-refractivity contribution in [1.29, 1.82) is 0 Å². The molecule has 4 heterocycles. The van der Waals surface area contributed by atoms with Gasteiger partial charge in [0.2, 0.25) is 15.7 Å². The maximum atomic E-state index is 14.9. The highest BCUT2D eigenvalue weighted by molar-refractivity contribution is 7.93. The fourth-order valence-electron chi connectivity index (χ4n) is 4.11. The van der Waals surface area contributed by atoms with Crippen LogP contribution in [0, 0.1) is 12.4 Å². The number of hydrogen-bond acceptors (Lipinski definition) is 6. The first-order valence-electron chi connectivity index (χ1n) is 10.7. The van der Waals surface area contributed by atoms with Crippen LogP contribution in [-0.2, 0) is 10.0 Å². The zero-order chi connectivity index (χ0) is 25.6. The van der Waals surface area contributed by atoms with Crippen molar-refractivity contribution in [2.75, 3.05) is 16.6 Å². The van der Waals surface area contributed by atoms with Crippen molar-refractivity contribution in [2.24, 2.45) is 0 Å². The zero-order valence-corrected chi connectivity index (χ0v) is 21.0. The number of rotatable bonds is 5. The van der Waals surface area contributed by atoms with E-state index in [1.165, 1.54) is 36.8 Å². The van der Waals surface area contributed by atoms with Crippen LogP contribution in [0.1, 0.15) is 25.0 Å². The lowest BCUT2D eigenvalue weighted by atomic mass is 10.1. The molecule has 184 valence electrons. The first-order valence-corrected chi connectivity index (χ1v) is 13.1. The van der Waals surface area contributed by atoms with E-state index in [-0.39, 0.29) is 29.6 Å². The van der Waals surface area contributed by atoms with Gasteiger partial charge in [-0.25, -0.2) is 22.6 Å².